The van der Waals surface area contributed by atoms with Gasteiger partial charge in [0.15, 0.2) is 0 Å². The van der Waals surface area contributed by atoms with Gasteiger partial charge in [-0.2, -0.15) is 4.98 Å². The molecule has 0 bridgehead atoms. The van der Waals surface area contributed by atoms with Crippen molar-refractivity contribution in [1.29, 1.82) is 0 Å². The van der Waals surface area contributed by atoms with Gasteiger partial charge in [-0.1, -0.05) is 31.4 Å². The van der Waals surface area contributed by atoms with Crippen molar-refractivity contribution in [2.45, 2.75) is 63.8 Å². The fourth-order valence-electron chi connectivity index (χ4n) is 5.48. The van der Waals surface area contributed by atoms with Gasteiger partial charge in [-0.25, -0.2) is 9.78 Å². The van der Waals surface area contributed by atoms with Crippen LogP contribution >= 0.6 is 0 Å². The number of pyridine rings is 1. The van der Waals surface area contributed by atoms with Crippen molar-refractivity contribution >= 4 is 34.5 Å². The first kappa shape index (κ1) is 24.0. The molecule has 1 aromatic carbocycles. The van der Waals surface area contributed by atoms with E-state index in [2.05, 4.69) is 27.4 Å². The first-order valence-corrected chi connectivity index (χ1v) is 12.7. The van der Waals surface area contributed by atoms with Crippen LogP contribution in [0.25, 0.3) is 11.0 Å². The molecule has 3 aromatic rings. The minimum absolute atomic E-state index is 0.108. The van der Waals surface area contributed by atoms with E-state index in [-0.39, 0.29) is 22.9 Å². The van der Waals surface area contributed by atoms with Crippen molar-refractivity contribution in [1.82, 2.24) is 19.4 Å². The van der Waals surface area contributed by atoms with Crippen LogP contribution in [0.5, 0.6) is 0 Å². The summed E-state index contributed by atoms with van der Waals surface area (Å²) in [6.45, 7) is 3.20. The lowest BCUT2D eigenvalue weighted by Gasteiger charge is -2.31. The number of hydrogen-bond acceptors (Lipinski definition) is 6. The molecule has 0 atom stereocenters. The molecule has 2 N–H and O–H groups in total. The van der Waals surface area contributed by atoms with Gasteiger partial charge in [0.2, 0.25) is 17.3 Å². The Hall–Kier alpha value is -3.75. The van der Waals surface area contributed by atoms with Gasteiger partial charge in [0.25, 0.3) is 0 Å². The highest BCUT2D eigenvalue weighted by Crippen LogP contribution is 2.31. The Morgan fingerprint density at radius 1 is 1.03 bits per heavy atom. The Morgan fingerprint density at radius 3 is 2.36 bits per heavy atom. The lowest BCUT2D eigenvalue weighted by Crippen LogP contribution is -2.36. The third-order valence-electron chi connectivity index (χ3n) is 7.55. The lowest BCUT2D eigenvalue weighted by molar-refractivity contribution is -0.129. The molecular weight excluding hydrogens is 458 g/mol. The summed E-state index contributed by atoms with van der Waals surface area (Å²) in [5.41, 5.74) is 1.73. The molecule has 1 aliphatic heterocycles. The van der Waals surface area contributed by atoms with Crippen LogP contribution in [-0.4, -0.2) is 49.5 Å². The number of aromatic nitrogens is 3. The Bertz CT molecular complexity index is 1340. The third-order valence-corrected chi connectivity index (χ3v) is 7.55. The molecule has 3 heterocycles. The summed E-state index contributed by atoms with van der Waals surface area (Å²) in [5.74, 6) is -0.311. The van der Waals surface area contributed by atoms with Crippen molar-refractivity contribution in [3.63, 3.8) is 0 Å². The Morgan fingerprint density at radius 2 is 1.72 bits per heavy atom. The molecule has 36 heavy (non-hydrogen) atoms. The Labute approximate surface area is 209 Å². The fourth-order valence-corrected chi connectivity index (χ4v) is 5.48. The maximum Gasteiger partial charge on any atom is 0.341 e. The zero-order chi connectivity index (χ0) is 25.2. The third kappa shape index (κ3) is 4.82. The molecule has 1 amide bonds. The van der Waals surface area contributed by atoms with E-state index in [0.717, 1.165) is 63.7 Å². The number of likely N-dealkylation sites (tertiary alicyclic amines) is 1. The molecule has 9 nitrogen and oxygen atoms in total. The number of carboxylic acid groups (broad SMARTS) is 1. The van der Waals surface area contributed by atoms with Gasteiger partial charge in [0.1, 0.15) is 11.2 Å². The first-order chi connectivity index (χ1) is 17.4. The van der Waals surface area contributed by atoms with E-state index < -0.39 is 11.4 Å². The van der Waals surface area contributed by atoms with Crippen LogP contribution < -0.4 is 10.7 Å². The van der Waals surface area contributed by atoms with Crippen molar-refractivity contribution < 1.29 is 14.7 Å². The number of rotatable bonds is 5. The minimum atomic E-state index is -1.24. The normalized spacial score (nSPS) is 17.3. The van der Waals surface area contributed by atoms with E-state index in [4.69, 9.17) is 0 Å². The Kier molecular flexibility index (Phi) is 6.71. The molecule has 1 saturated heterocycles. The van der Waals surface area contributed by atoms with E-state index in [1.54, 1.807) is 6.92 Å². The maximum atomic E-state index is 12.8. The number of nitrogens with zero attached hydrogens (tertiary/aromatic N) is 4. The molecule has 0 radical (unpaired) electrons. The number of carboxylic acids is 1. The average Bonchev–Trinajstić information content (AvgIpc) is 2.90. The van der Waals surface area contributed by atoms with Crippen molar-refractivity contribution in [2.75, 3.05) is 18.4 Å². The summed E-state index contributed by atoms with van der Waals surface area (Å²) in [7, 11) is 0. The number of anilines is 2. The second-order valence-corrected chi connectivity index (χ2v) is 9.83. The number of amides is 1. The van der Waals surface area contributed by atoms with E-state index in [9.17, 15) is 19.5 Å². The predicted molar refractivity (Wildman–Crippen MR) is 137 cm³/mol. The molecule has 0 spiro atoms. The second-order valence-electron chi connectivity index (χ2n) is 9.83. The van der Waals surface area contributed by atoms with Gasteiger partial charge < -0.3 is 19.9 Å². The molecule has 188 valence electrons. The van der Waals surface area contributed by atoms with Crippen LogP contribution in [0, 0.1) is 0 Å². The first-order valence-electron chi connectivity index (χ1n) is 12.7. The van der Waals surface area contributed by atoms with Crippen LogP contribution in [-0.2, 0) is 4.79 Å². The van der Waals surface area contributed by atoms with Crippen LogP contribution in [0.15, 0.2) is 41.5 Å². The molecule has 2 fully saturated rings. The highest BCUT2D eigenvalue weighted by molar-refractivity contribution is 5.91. The van der Waals surface area contributed by atoms with Crippen LogP contribution in [0.3, 0.4) is 0 Å². The molecule has 0 unspecified atom stereocenters. The molecule has 1 aliphatic carbocycles. The predicted octanol–water partition coefficient (Wildman–Crippen LogP) is 4.46. The summed E-state index contributed by atoms with van der Waals surface area (Å²) in [6.07, 6.45) is 9.94. The highest BCUT2D eigenvalue weighted by Gasteiger charge is 2.23. The molecular formula is C27H31N5O4. The molecule has 9 heteroatoms. The number of aromatic carboxylic acids is 1. The van der Waals surface area contributed by atoms with Crippen LogP contribution in [0.1, 0.15) is 79.8 Å². The quantitative estimate of drug-likeness (QED) is 0.543. The van der Waals surface area contributed by atoms with E-state index in [1.807, 2.05) is 21.6 Å². The van der Waals surface area contributed by atoms with Gasteiger partial charge in [-0.15, -0.1) is 0 Å². The zero-order valence-corrected chi connectivity index (χ0v) is 20.4. The Balaban J connectivity index is 1.40. The summed E-state index contributed by atoms with van der Waals surface area (Å²) >= 11 is 0. The van der Waals surface area contributed by atoms with Gasteiger partial charge in [-0.05, 0) is 49.3 Å². The molecule has 1 saturated carbocycles. The topological polar surface area (TPSA) is 117 Å². The standard InChI is InChI=1S/C27H31N5O4/c1-17(33)31-13-11-19(12-14-31)18-7-9-20(10-8-18)29-27-28-15-22-24(34)23(26(35)36)16-32(25(22)30-27)21-5-3-2-4-6-21/h7-10,15-16,19,21H,2-6,11-14H2,1H3,(H,35,36)(H,28,29,30). The SMILES string of the molecule is CC(=O)N1CCC(c2ccc(Nc3ncc4c(=O)c(C(=O)O)cn(C5CCCCC5)c4n3)cc2)CC1. The number of carbonyl (C=O) groups excluding carboxylic acids is 1. The average molecular weight is 490 g/mol. The number of nitrogens with one attached hydrogen (secondary N) is 1. The fraction of sp³-hybridized carbons (Fsp3) is 0.444. The number of piperidine rings is 1. The monoisotopic (exact) mass is 489 g/mol. The molecule has 2 aliphatic rings. The number of carbonyl (C=O) groups is 2. The summed E-state index contributed by atoms with van der Waals surface area (Å²) < 4.78 is 1.86. The molecule has 2 aromatic heterocycles. The van der Waals surface area contributed by atoms with E-state index in [1.165, 1.54) is 18.0 Å². The largest absolute Gasteiger partial charge is 0.477 e. The van der Waals surface area contributed by atoms with Crippen molar-refractivity contribution in [2.24, 2.45) is 0 Å². The van der Waals surface area contributed by atoms with Gasteiger partial charge in [0.05, 0.1) is 5.39 Å². The summed E-state index contributed by atoms with van der Waals surface area (Å²) in [6, 6.07) is 8.27. The summed E-state index contributed by atoms with van der Waals surface area (Å²) in [5, 5.41) is 13.0. The maximum absolute atomic E-state index is 12.8. The lowest BCUT2D eigenvalue weighted by atomic mass is 9.89. The number of fused-ring (bicyclic) bond motifs is 1. The molecule has 5 rings (SSSR count). The second kappa shape index (κ2) is 10.1. The van der Waals surface area contributed by atoms with E-state index in [0.29, 0.717) is 17.5 Å². The van der Waals surface area contributed by atoms with Gasteiger partial charge in [-0.3, -0.25) is 9.59 Å². The van der Waals surface area contributed by atoms with Gasteiger partial charge in [0, 0.05) is 44.1 Å². The highest BCUT2D eigenvalue weighted by atomic mass is 16.4. The smallest absolute Gasteiger partial charge is 0.341 e. The van der Waals surface area contributed by atoms with Crippen molar-refractivity contribution in [3.8, 4) is 0 Å². The summed E-state index contributed by atoms with van der Waals surface area (Å²) in [4.78, 5) is 47.0. The zero-order valence-electron chi connectivity index (χ0n) is 20.4. The van der Waals surface area contributed by atoms with E-state index >= 15 is 0 Å². The van der Waals surface area contributed by atoms with Crippen molar-refractivity contribution in [3.05, 3.63) is 58.0 Å². The van der Waals surface area contributed by atoms with Gasteiger partial charge >= 0.3 is 5.97 Å². The van der Waals surface area contributed by atoms with Crippen LogP contribution in [0.2, 0.25) is 0 Å². The number of hydrogen-bond donors (Lipinski definition) is 2. The van der Waals surface area contributed by atoms with Crippen LogP contribution in [0.4, 0.5) is 11.6 Å². The minimum Gasteiger partial charge on any atom is -0.477 e. The number of benzene rings is 1.